The number of rotatable bonds is 3. The van der Waals surface area contributed by atoms with Crippen LogP contribution in [0.25, 0.3) is 0 Å². The Balaban J connectivity index is 2.96. The number of phenolic OH excluding ortho intramolecular Hbond substituents is 1. The largest absolute Gasteiger partial charge is 0.508 e. The van der Waals surface area contributed by atoms with Crippen LogP contribution < -0.4 is 5.84 Å². The van der Waals surface area contributed by atoms with Crippen molar-refractivity contribution in [3.05, 3.63) is 29.3 Å². The van der Waals surface area contributed by atoms with Crippen LogP contribution in [0.4, 0.5) is 0 Å². The van der Waals surface area contributed by atoms with E-state index < -0.39 is 0 Å². The van der Waals surface area contributed by atoms with E-state index in [0.717, 1.165) is 11.1 Å². The van der Waals surface area contributed by atoms with E-state index >= 15 is 0 Å². The Labute approximate surface area is 83.7 Å². The molecule has 0 spiro atoms. The average molecular weight is 193 g/mol. The van der Waals surface area contributed by atoms with Gasteiger partial charge in [0.1, 0.15) is 5.75 Å². The van der Waals surface area contributed by atoms with Crippen molar-refractivity contribution in [2.75, 3.05) is 14.1 Å². The minimum absolute atomic E-state index is 0.299. The van der Waals surface area contributed by atoms with Crippen molar-refractivity contribution < 1.29 is 5.11 Å². The van der Waals surface area contributed by atoms with E-state index in [2.05, 4.69) is 5.10 Å². The molecule has 0 aliphatic heterocycles. The number of nitrogens with zero attached hydrogens (tertiary/aromatic N) is 2. The Bertz CT molecular complexity index is 334. The van der Waals surface area contributed by atoms with Gasteiger partial charge in [-0.25, -0.2) is 0 Å². The number of hydrazone groups is 1. The van der Waals surface area contributed by atoms with Crippen molar-refractivity contribution in [1.29, 1.82) is 0 Å². The average Bonchev–Trinajstić information content (AvgIpc) is 2.10. The molecule has 0 heterocycles. The predicted molar refractivity (Wildman–Crippen MR) is 57.3 cm³/mol. The molecule has 0 radical (unpaired) electrons. The van der Waals surface area contributed by atoms with E-state index in [1.807, 2.05) is 25.1 Å². The molecule has 4 heteroatoms. The van der Waals surface area contributed by atoms with E-state index in [1.54, 1.807) is 18.3 Å². The molecule has 0 aliphatic rings. The van der Waals surface area contributed by atoms with Crippen molar-refractivity contribution in [3.8, 4) is 5.75 Å². The summed E-state index contributed by atoms with van der Waals surface area (Å²) in [6.45, 7) is 0.693. The smallest absolute Gasteiger partial charge is 0.120 e. The lowest BCUT2D eigenvalue weighted by Crippen LogP contribution is -2.11. The number of nitrogens with two attached hydrogens (primary N) is 1. The second-order valence-corrected chi connectivity index (χ2v) is 3.40. The Kier molecular flexibility index (Phi) is 3.48. The molecule has 0 aromatic heterocycles. The lowest BCUT2D eigenvalue weighted by atomic mass is 10.1. The minimum atomic E-state index is 0.299. The number of phenols is 1. The summed E-state index contributed by atoms with van der Waals surface area (Å²) in [7, 11) is 3.90. The summed E-state index contributed by atoms with van der Waals surface area (Å²) in [6, 6.07) is 5.28. The fourth-order valence-corrected chi connectivity index (χ4v) is 1.24. The van der Waals surface area contributed by atoms with Crippen molar-refractivity contribution in [1.82, 2.24) is 4.90 Å². The standard InChI is InChI=1S/C10H15N3O/c1-13(2)7-9-5-8(6-12-11)3-4-10(9)14/h3-6,14H,7,11H2,1-2H3. The topological polar surface area (TPSA) is 61.8 Å². The zero-order chi connectivity index (χ0) is 10.6. The molecule has 1 aromatic rings. The van der Waals surface area contributed by atoms with E-state index in [0.29, 0.717) is 12.3 Å². The summed E-state index contributed by atoms with van der Waals surface area (Å²) in [5.74, 6) is 5.35. The minimum Gasteiger partial charge on any atom is -0.508 e. The maximum atomic E-state index is 9.55. The van der Waals surface area contributed by atoms with Gasteiger partial charge >= 0.3 is 0 Å². The molecule has 1 aromatic carbocycles. The second kappa shape index (κ2) is 4.62. The Morgan fingerprint density at radius 1 is 1.50 bits per heavy atom. The molecule has 4 nitrogen and oxygen atoms in total. The lowest BCUT2D eigenvalue weighted by Gasteiger charge is -2.11. The highest BCUT2D eigenvalue weighted by Gasteiger charge is 2.02. The van der Waals surface area contributed by atoms with E-state index in [1.165, 1.54) is 0 Å². The van der Waals surface area contributed by atoms with Gasteiger partial charge < -0.3 is 15.8 Å². The second-order valence-electron chi connectivity index (χ2n) is 3.40. The SMILES string of the molecule is CN(C)Cc1cc(C=NN)ccc1O. The van der Waals surface area contributed by atoms with Crippen LogP contribution in [0, 0.1) is 0 Å². The zero-order valence-corrected chi connectivity index (χ0v) is 8.44. The van der Waals surface area contributed by atoms with Crippen LogP contribution in [0.1, 0.15) is 11.1 Å². The Morgan fingerprint density at radius 3 is 2.79 bits per heavy atom. The third kappa shape index (κ3) is 2.74. The highest BCUT2D eigenvalue weighted by Crippen LogP contribution is 2.18. The van der Waals surface area contributed by atoms with Gasteiger partial charge in [0.2, 0.25) is 0 Å². The number of benzene rings is 1. The first-order valence-electron chi connectivity index (χ1n) is 4.33. The number of hydrogen-bond donors (Lipinski definition) is 2. The van der Waals surface area contributed by atoms with Crippen LogP contribution in [0.15, 0.2) is 23.3 Å². The fourth-order valence-electron chi connectivity index (χ4n) is 1.24. The van der Waals surface area contributed by atoms with Crippen LogP contribution in [0.3, 0.4) is 0 Å². The van der Waals surface area contributed by atoms with Gasteiger partial charge in [-0.15, -0.1) is 0 Å². The van der Waals surface area contributed by atoms with Crippen LogP contribution in [0.2, 0.25) is 0 Å². The molecular formula is C10H15N3O. The molecule has 0 bridgehead atoms. The highest BCUT2D eigenvalue weighted by atomic mass is 16.3. The van der Waals surface area contributed by atoms with Crippen LogP contribution in [-0.4, -0.2) is 30.3 Å². The van der Waals surface area contributed by atoms with Gasteiger partial charge in [-0.1, -0.05) is 0 Å². The number of aromatic hydroxyl groups is 1. The van der Waals surface area contributed by atoms with E-state index in [9.17, 15) is 5.11 Å². The first kappa shape index (κ1) is 10.5. The fraction of sp³-hybridized carbons (Fsp3) is 0.300. The molecule has 14 heavy (non-hydrogen) atoms. The van der Waals surface area contributed by atoms with Crippen LogP contribution in [-0.2, 0) is 6.54 Å². The van der Waals surface area contributed by atoms with Gasteiger partial charge in [0, 0.05) is 12.1 Å². The summed E-state index contributed by atoms with van der Waals surface area (Å²) in [5, 5.41) is 13.0. The van der Waals surface area contributed by atoms with Crippen LogP contribution >= 0.6 is 0 Å². The zero-order valence-electron chi connectivity index (χ0n) is 8.44. The summed E-state index contributed by atoms with van der Waals surface area (Å²) in [6.07, 6.45) is 1.55. The lowest BCUT2D eigenvalue weighted by molar-refractivity contribution is 0.386. The first-order valence-corrected chi connectivity index (χ1v) is 4.33. The number of hydrogen-bond acceptors (Lipinski definition) is 4. The molecule has 0 amide bonds. The molecule has 1 rings (SSSR count). The van der Waals surface area contributed by atoms with E-state index in [-0.39, 0.29) is 0 Å². The Hall–Kier alpha value is -1.55. The first-order chi connectivity index (χ1) is 6.63. The van der Waals surface area contributed by atoms with Crippen molar-refractivity contribution in [3.63, 3.8) is 0 Å². The highest BCUT2D eigenvalue weighted by molar-refractivity contribution is 5.80. The summed E-state index contributed by atoms with van der Waals surface area (Å²) in [5.41, 5.74) is 1.76. The van der Waals surface area contributed by atoms with Crippen molar-refractivity contribution in [2.45, 2.75) is 6.54 Å². The van der Waals surface area contributed by atoms with Gasteiger partial charge in [0.05, 0.1) is 6.21 Å². The van der Waals surface area contributed by atoms with Crippen molar-refractivity contribution in [2.24, 2.45) is 10.9 Å². The summed E-state index contributed by atoms with van der Waals surface area (Å²) in [4.78, 5) is 1.98. The molecule has 0 saturated heterocycles. The molecule has 76 valence electrons. The molecule has 0 unspecified atom stereocenters. The monoisotopic (exact) mass is 193 g/mol. The molecule has 0 fully saturated rings. The van der Waals surface area contributed by atoms with Gasteiger partial charge in [-0.3, -0.25) is 0 Å². The van der Waals surface area contributed by atoms with Crippen molar-refractivity contribution >= 4 is 6.21 Å². The molecule has 3 N–H and O–H groups in total. The normalized spacial score (nSPS) is 11.4. The predicted octanol–water partition coefficient (Wildman–Crippen LogP) is 0.746. The third-order valence-corrected chi connectivity index (χ3v) is 1.81. The van der Waals surface area contributed by atoms with Gasteiger partial charge in [0.15, 0.2) is 0 Å². The third-order valence-electron chi connectivity index (χ3n) is 1.81. The van der Waals surface area contributed by atoms with E-state index in [4.69, 9.17) is 5.84 Å². The van der Waals surface area contributed by atoms with Gasteiger partial charge in [-0.05, 0) is 37.9 Å². The summed E-state index contributed by atoms with van der Waals surface area (Å²) < 4.78 is 0. The van der Waals surface area contributed by atoms with Gasteiger partial charge in [0.25, 0.3) is 0 Å². The molecule has 0 saturated carbocycles. The maximum absolute atomic E-state index is 9.55. The maximum Gasteiger partial charge on any atom is 0.120 e. The molecular weight excluding hydrogens is 178 g/mol. The van der Waals surface area contributed by atoms with Crippen LogP contribution in [0.5, 0.6) is 5.75 Å². The Morgan fingerprint density at radius 2 is 2.21 bits per heavy atom. The molecule has 0 aliphatic carbocycles. The van der Waals surface area contributed by atoms with Gasteiger partial charge in [-0.2, -0.15) is 5.10 Å². The molecule has 0 atom stereocenters. The summed E-state index contributed by atoms with van der Waals surface area (Å²) >= 11 is 0. The quantitative estimate of drug-likeness (QED) is 0.423.